The molecule has 1 aliphatic heterocycles. The number of rotatable bonds is 2. The Morgan fingerprint density at radius 1 is 1.50 bits per heavy atom. The van der Waals surface area contributed by atoms with Gasteiger partial charge in [0.25, 0.3) is 0 Å². The van der Waals surface area contributed by atoms with Gasteiger partial charge in [-0.05, 0) is 30.0 Å². The molecule has 0 radical (unpaired) electrons. The maximum atomic E-state index is 11.5. The summed E-state index contributed by atoms with van der Waals surface area (Å²) in [5.41, 5.74) is 1.16. The van der Waals surface area contributed by atoms with Crippen molar-refractivity contribution in [2.45, 2.75) is 13.0 Å². The lowest BCUT2D eigenvalue weighted by Crippen LogP contribution is -2.12. The Morgan fingerprint density at radius 2 is 2.33 bits per heavy atom. The van der Waals surface area contributed by atoms with Gasteiger partial charge in [0.05, 0.1) is 16.7 Å². The summed E-state index contributed by atoms with van der Waals surface area (Å²) in [6, 6.07) is 1.90. The van der Waals surface area contributed by atoms with Crippen molar-refractivity contribution in [2.24, 2.45) is 0 Å². The van der Waals surface area contributed by atoms with E-state index in [0.717, 1.165) is 16.3 Å². The Kier molecular flexibility index (Phi) is 2.64. The molecular weight excluding hydrogens is 268 g/mol. The Bertz CT molecular complexity index is 710. The highest BCUT2D eigenvalue weighted by Gasteiger charge is 2.25. The number of nitrogens with zero attached hydrogens (tertiary/aromatic N) is 2. The van der Waals surface area contributed by atoms with Crippen LogP contribution in [0.3, 0.4) is 0 Å². The van der Waals surface area contributed by atoms with Crippen LogP contribution in [-0.4, -0.2) is 23.7 Å². The van der Waals surface area contributed by atoms with Gasteiger partial charge in [0.15, 0.2) is 15.7 Å². The highest BCUT2D eigenvalue weighted by atomic mass is 32.2. The number of sulfone groups is 1. The molecule has 0 aliphatic carbocycles. The summed E-state index contributed by atoms with van der Waals surface area (Å²) in [4.78, 5) is 5.45. The molecule has 3 heterocycles. The highest BCUT2D eigenvalue weighted by molar-refractivity contribution is 7.94. The molecule has 4 nitrogen and oxygen atoms in total. The third-order valence-electron chi connectivity index (χ3n) is 3.00. The number of aromatic nitrogens is 2. The van der Waals surface area contributed by atoms with Crippen molar-refractivity contribution in [1.29, 1.82) is 0 Å². The molecule has 2 aromatic heterocycles. The first-order chi connectivity index (χ1) is 8.57. The molecule has 0 spiro atoms. The molecule has 0 unspecified atom stereocenters. The number of aryl methyl sites for hydroxylation is 1. The lowest BCUT2D eigenvalue weighted by Gasteiger charge is -2.12. The molecule has 6 heteroatoms. The summed E-state index contributed by atoms with van der Waals surface area (Å²) in [6.07, 6.45) is 5.28. The van der Waals surface area contributed by atoms with Gasteiger partial charge in [-0.15, -0.1) is 11.3 Å². The van der Waals surface area contributed by atoms with Gasteiger partial charge in [-0.3, -0.25) is 0 Å². The zero-order chi connectivity index (χ0) is 12.8. The first-order valence-corrected chi connectivity index (χ1v) is 8.14. The molecule has 18 heavy (non-hydrogen) atoms. The fraction of sp³-hybridized carbons (Fsp3) is 0.250. The molecule has 1 atom stereocenters. The van der Waals surface area contributed by atoms with E-state index >= 15 is 0 Å². The topological polar surface area (TPSA) is 52.0 Å². The van der Waals surface area contributed by atoms with Gasteiger partial charge in [0.1, 0.15) is 0 Å². The van der Waals surface area contributed by atoms with Crippen molar-refractivity contribution in [3.8, 4) is 10.7 Å². The summed E-state index contributed by atoms with van der Waals surface area (Å²) in [5.74, 6) is 0.968. The molecule has 3 rings (SSSR count). The van der Waals surface area contributed by atoms with Crippen LogP contribution in [0.25, 0.3) is 10.7 Å². The van der Waals surface area contributed by atoms with Gasteiger partial charge < -0.3 is 4.57 Å². The molecule has 0 saturated heterocycles. The lowest BCUT2D eigenvalue weighted by molar-refractivity contribution is 0.594. The monoisotopic (exact) mass is 280 g/mol. The van der Waals surface area contributed by atoms with Gasteiger partial charge in [0.2, 0.25) is 0 Å². The van der Waals surface area contributed by atoms with E-state index in [9.17, 15) is 8.42 Å². The van der Waals surface area contributed by atoms with Crippen molar-refractivity contribution < 1.29 is 8.42 Å². The summed E-state index contributed by atoms with van der Waals surface area (Å²) in [7, 11) is -3.04. The molecule has 0 bridgehead atoms. The van der Waals surface area contributed by atoms with Crippen LogP contribution < -0.4 is 0 Å². The molecule has 0 fully saturated rings. The van der Waals surface area contributed by atoms with E-state index in [1.165, 1.54) is 5.41 Å². The predicted octanol–water partition coefficient (Wildman–Crippen LogP) is 2.40. The third-order valence-corrected chi connectivity index (χ3v) is 5.39. The Labute approximate surface area is 110 Å². The van der Waals surface area contributed by atoms with Crippen LogP contribution in [-0.2, 0) is 9.84 Å². The largest absolute Gasteiger partial charge is 0.322 e. The van der Waals surface area contributed by atoms with Crippen molar-refractivity contribution in [2.75, 3.05) is 5.75 Å². The van der Waals surface area contributed by atoms with Crippen molar-refractivity contribution in [3.63, 3.8) is 0 Å². The minimum Gasteiger partial charge on any atom is -0.322 e. The van der Waals surface area contributed by atoms with Crippen LogP contribution in [0.4, 0.5) is 0 Å². The molecule has 0 N–H and O–H groups in total. The minimum atomic E-state index is -3.04. The van der Waals surface area contributed by atoms with Gasteiger partial charge in [0, 0.05) is 17.8 Å². The van der Waals surface area contributed by atoms with E-state index in [4.69, 9.17) is 0 Å². The van der Waals surface area contributed by atoms with Crippen LogP contribution in [0.5, 0.6) is 0 Å². The Hall–Kier alpha value is -1.40. The maximum Gasteiger partial charge on any atom is 0.173 e. The average molecular weight is 280 g/mol. The quantitative estimate of drug-likeness (QED) is 0.849. The lowest BCUT2D eigenvalue weighted by atomic mass is 10.2. The average Bonchev–Trinajstić information content (AvgIpc) is 2.96. The SMILES string of the molecule is Cc1ccsc1-c1nccn1[C@H]1C=CS(=O)(=O)C1. The first kappa shape index (κ1) is 11.7. The second-order valence-corrected chi connectivity index (χ2v) is 7.16. The molecular formula is C12H12N2O2S2. The van der Waals surface area contributed by atoms with Gasteiger partial charge in [-0.2, -0.15) is 0 Å². The molecule has 0 amide bonds. The summed E-state index contributed by atoms with van der Waals surface area (Å²) in [6.45, 7) is 2.03. The van der Waals surface area contributed by atoms with Crippen molar-refractivity contribution in [1.82, 2.24) is 9.55 Å². The Balaban J connectivity index is 2.04. The smallest absolute Gasteiger partial charge is 0.173 e. The van der Waals surface area contributed by atoms with E-state index in [1.54, 1.807) is 23.6 Å². The first-order valence-electron chi connectivity index (χ1n) is 5.55. The standard InChI is InChI=1S/C12H12N2O2S2/c1-9-2-6-17-11(9)12-13-4-5-14(12)10-3-7-18(15,16)8-10/h2-7,10H,8H2,1H3/t10-/m0/s1. The maximum absolute atomic E-state index is 11.5. The Morgan fingerprint density at radius 3 is 2.94 bits per heavy atom. The van der Waals surface area contributed by atoms with Crippen LogP contribution in [0.1, 0.15) is 11.6 Å². The van der Waals surface area contributed by atoms with Crippen molar-refractivity contribution in [3.05, 3.63) is 40.9 Å². The molecule has 2 aromatic rings. The molecule has 94 valence electrons. The van der Waals surface area contributed by atoms with Crippen LogP contribution in [0, 0.1) is 6.92 Å². The van der Waals surface area contributed by atoms with E-state index in [1.807, 2.05) is 29.1 Å². The zero-order valence-corrected chi connectivity index (χ0v) is 11.4. The fourth-order valence-electron chi connectivity index (χ4n) is 2.09. The highest BCUT2D eigenvalue weighted by Crippen LogP contribution is 2.31. The molecule has 0 saturated carbocycles. The number of thiophene rings is 1. The van der Waals surface area contributed by atoms with Crippen molar-refractivity contribution >= 4 is 21.2 Å². The van der Waals surface area contributed by atoms with E-state index in [2.05, 4.69) is 4.98 Å². The number of imidazole rings is 1. The fourth-order valence-corrected chi connectivity index (χ4v) is 4.30. The summed E-state index contributed by atoms with van der Waals surface area (Å²) in [5, 5.41) is 3.31. The second kappa shape index (κ2) is 4.07. The zero-order valence-electron chi connectivity index (χ0n) is 9.78. The minimum absolute atomic E-state index is 0.126. The van der Waals surface area contributed by atoms with Crippen LogP contribution >= 0.6 is 11.3 Å². The van der Waals surface area contributed by atoms with Crippen LogP contribution in [0.15, 0.2) is 35.3 Å². The number of allylic oxidation sites excluding steroid dienone is 1. The van der Waals surface area contributed by atoms with Crippen LogP contribution in [0.2, 0.25) is 0 Å². The van der Waals surface area contributed by atoms with E-state index in [-0.39, 0.29) is 11.8 Å². The second-order valence-electron chi connectivity index (χ2n) is 4.32. The normalized spacial score (nSPS) is 21.5. The molecule has 1 aliphatic rings. The number of hydrogen-bond acceptors (Lipinski definition) is 4. The molecule has 0 aromatic carbocycles. The van der Waals surface area contributed by atoms with E-state index in [0.29, 0.717) is 0 Å². The van der Waals surface area contributed by atoms with Gasteiger partial charge in [-0.1, -0.05) is 0 Å². The third kappa shape index (κ3) is 1.91. The number of hydrogen-bond donors (Lipinski definition) is 0. The van der Waals surface area contributed by atoms with Gasteiger partial charge in [-0.25, -0.2) is 13.4 Å². The summed E-state index contributed by atoms with van der Waals surface area (Å²) >= 11 is 1.62. The predicted molar refractivity (Wildman–Crippen MR) is 72.2 cm³/mol. The van der Waals surface area contributed by atoms with Gasteiger partial charge >= 0.3 is 0 Å². The van der Waals surface area contributed by atoms with E-state index < -0.39 is 9.84 Å². The summed E-state index contributed by atoms with van der Waals surface area (Å²) < 4.78 is 24.9.